The Morgan fingerprint density at radius 1 is 1.36 bits per heavy atom. The first-order valence-electron chi connectivity index (χ1n) is 5.97. The first-order valence-corrected chi connectivity index (χ1v) is 7.58. The molecule has 0 aliphatic heterocycles. The molecule has 0 aliphatic rings. The van der Waals surface area contributed by atoms with Gasteiger partial charge in [-0.25, -0.2) is 8.42 Å². The van der Waals surface area contributed by atoms with Gasteiger partial charge >= 0.3 is 6.18 Å². The summed E-state index contributed by atoms with van der Waals surface area (Å²) in [5.41, 5.74) is 3.94. The predicted octanol–water partition coefficient (Wildman–Crippen LogP) is 0.926. The summed E-state index contributed by atoms with van der Waals surface area (Å²) in [7, 11) is -2.84. The van der Waals surface area contributed by atoms with Gasteiger partial charge in [0, 0.05) is 7.11 Å². The molecule has 1 rings (SSSR count). The molecule has 0 unspecified atom stereocenters. The van der Waals surface area contributed by atoms with Gasteiger partial charge in [-0.05, 0) is 11.6 Å². The number of methoxy groups -OCH3 is 1. The van der Waals surface area contributed by atoms with Gasteiger partial charge in [0.1, 0.15) is 6.73 Å². The van der Waals surface area contributed by atoms with Crippen LogP contribution in [-0.4, -0.2) is 39.0 Å². The number of benzene rings is 1. The highest BCUT2D eigenvalue weighted by atomic mass is 32.2. The quantitative estimate of drug-likeness (QED) is 0.748. The van der Waals surface area contributed by atoms with Gasteiger partial charge < -0.3 is 10.5 Å². The van der Waals surface area contributed by atoms with Crippen molar-refractivity contribution in [2.45, 2.75) is 11.9 Å². The molecule has 1 aromatic carbocycles. The molecule has 0 bridgehead atoms. The van der Waals surface area contributed by atoms with Crippen molar-refractivity contribution in [1.29, 1.82) is 0 Å². The third-order valence-corrected chi connectivity index (χ3v) is 4.32. The lowest BCUT2D eigenvalue weighted by Crippen LogP contribution is -2.40. The van der Waals surface area contributed by atoms with E-state index < -0.39 is 46.7 Å². The fourth-order valence-electron chi connectivity index (χ4n) is 1.68. The molecule has 2 N–H and O–H groups in total. The molecule has 1 amide bonds. The predicted molar refractivity (Wildman–Crippen MR) is 71.8 cm³/mol. The second-order valence-corrected chi connectivity index (χ2v) is 6.42. The van der Waals surface area contributed by atoms with Gasteiger partial charge in [0.2, 0.25) is 15.9 Å². The molecular formula is C12H15F3N2O4S. The van der Waals surface area contributed by atoms with Crippen LogP contribution < -0.4 is 5.73 Å². The SMILES string of the molecule is COCN(CC(N)=O)S(=O)(=O)Cc1cccc(C(F)(F)F)c1. The summed E-state index contributed by atoms with van der Waals surface area (Å²) in [5.74, 6) is -1.60. The van der Waals surface area contributed by atoms with E-state index >= 15 is 0 Å². The highest BCUT2D eigenvalue weighted by molar-refractivity contribution is 7.88. The van der Waals surface area contributed by atoms with E-state index in [1.54, 1.807) is 0 Å². The van der Waals surface area contributed by atoms with Gasteiger partial charge in [0.15, 0.2) is 0 Å². The molecule has 124 valence electrons. The number of nitrogens with zero attached hydrogens (tertiary/aromatic N) is 1. The van der Waals surface area contributed by atoms with Gasteiger partial charge in [-0.3, -0.25) is 4.79 Å². The summed E-state index contributed by atoms with van der Waals surface area (Å²) in [5, 5.41) is 0. The number of rotatable bonds is 7. The number of carbonyl (C=O) groups excluding carboxylic acids is 1. The van der Waals surface area contributed by atoms with Crippen molar-refractivity contribution in [2.75, 3.05) is 20.4 Å². The number of alkyl halides is 3. The maximum Gasteiger partial charge on any atom is 0.416 e. The minimum absolute atomic E-state index is 0.0552. The number of nitrogens with two attached hydrogens (primary N) is 1. The zero-order chi connectivity index (χ0) is 17.0. The summed E-state index contributed by atoms with van der Waals surface area (Å²) >= 11 is 0. The molecule has 0 atom stereocenters. The summed E-state index contributed by atoms with van der Waals surface area (Å²) < 4.78 is 67.4. The van der Waals surface area contributed by atoms with Crippen molar-refractivity contribution in [2.24, 2.45) is 5.73 Å². The lowest BCUT2D eigenvalue weighted by atomic mass is 10.1. The number of halogens is 3. The smallest absolute Gasteiger partial charge is 0.369 e. The summed E-state index contributed by atoms with van der Waals surface area (Å²) in [4.78, 5) is 10.9. The molecule has 22 heavy (non-hydrogen) atoms. The van der Waals surface area contributed by atoms with Gasteiger partial charge in [-0.1, -0.05) is 18.2 Å². The first kappa shape index (κ1) is 18.4. The zero-order valence-electron chi connectivity index (χ0n) is 11.6. The van der Waals surface area contributed by atoms with E-state index in [-0.39, 0.29) is 5.56 Å². The third-order valence-electron chi connectivity index (χ3n) is 2.60. The van der Waals surface area contributed by atoms with Crippen LogP contribution in [0.15, 0.2) is 24.3 Å². The maximum atomic E-state index is 12.6. The van der Waals surface area contributed by atoms with Gasteiger partial charge in [-0.2, -0.15) is 17.5 Å². The minimum Gasteiger partial charge on any atom is -0.369 e. The van der Waals surface area contributed by atoms with Crippen LogP contribution in [0.2, 0.25) is 0 Å². The molecule has 1 aromatic rings. The summed E-state index contributed by atoms with van der Waals surface area (Å²) in [6, 6.07) is 3.95. The molecule has 0 saturated heterocycles. The fourth-order valence-corrected chi connectivity index (χ4v) is 3.05. The first-order chi connectivity index (χ1) is 10.1. The fraction of sp³-hybridized carbons (Fsp3) is 0.417. The Hall–Kier alpha value is -1.65. The molecule has 0 saturated carbocycles. The average Bonchev–Trinajstić information content (AvgIpc) is 2.36. The van der Waals surface area contributed by atoms with E-state index in [9.17, 15) is 26.4 Å². The Labute approximate surface area is 125 Å². The van der Waals surface area contributed by atoms with Crippen molar-refractivity contribution in [3.63, 3.8) is 0 Å². The Balaban J connectivity index is 3.02. The van der Waals surface area contributed by atoms with Crippen molar-refractivity contribution in [3.8, 4) is 0 Å². The highest BCUT2D eigenvalue weighted by Gasteiger charge is 2.31. The topological polar surface area (TPSA) is 89.7 Å². The van der Waals surface area contributed by atoms with E-state index in [1.165, 1.54) is 13.2 Å². The molecule has 6 nitrogen and oxygen atoms in total. The minimum atomic E-state index is -4.57. The molecule has 0 heterocycles. The second-order valence-electron chi connectivity index (χ2n) is 4.45. The lowest BCUT2D eigenvalue weighted by Gasteiger charge is -2.20. The normalized spacial score (nSPS) is 12.6. The molecule has 0 fully saturated rings. The summed E-state index contributed by atoms with van der Waals surface area (Å²) in [6.45, 7) is -1.04. The van der Waals surface area contributed by atoms with Gasteiger partial charge in [0.05, 0.1) is 17.9 Å². The Morgan fingerprint density at radius 2 is 2.00 bits per heavy atom. The van der Waals surface area contributed by atoms with Crippen LogP contribution in [0.4, 0.5) is 13.2 Å². The van der Waals surface area contributed by atoms with Gasteiger partial charge in [-0.15, -0.1) is 0 Å². The van der Waals surface area contributed by atoms with Gasteiger partial charge in [0.25, 0.3) is 0 Å². The van der Waals surface area contributed by atoms with E-state index in [0.29, 0.717) is 4.31 Å². The van der Waals surface area contributed by atoms with Crippen molar-refractivity contribution >= 4 is 15.9 Å². The Morgan fingerprint density at radius 3 is 2.50 bits per heavy atom. The van der Waals surface area contributed by atoms with Crippen molar-refractivity contribution in [3.05, 3.63) is 35.4 Å². The third kappa shape index (κ3) is 5.28. The van der Waals surface area contributed by atoms with Crippen LogP contribution in [-0.2, 0) is 31.5 Å². The van der Waals surface area contributed by atoms with E-state index in [2.05, 4.69) is 4.74 Å². The van der Waals surface area contributed by atoms with Crippen LogP contribution in [0, 0.1) is 0 Å². The maximum absolute atomic E-state index is 12.6. The van der Waals surface area contributed by atoms with E-state index in [4.69, 9.17) is 5.73 Å². The zero-order valence-corrected chi connectivity index (χ0v) is 12.4. The van der Waals surface area contributed by atoms with Crippen molar-refractivity contribution in [1.82, 2.24) is 4.31 Å². The van der Waals surface area contributed by atoms with E-state index in [0.717, 1.165) is 18.2 Å². The summed E-state index contributed by atoms with van der Waals surface area (Å²) in [6.07, 6.45) is -4.57. The number of amides is 1. The number of sulfonamides is 1. The van der Waals surface area contributed by atoms with E-state index in [1.807, 2.05) is 0 Å². The Bertz CT molecular complexity index is 632. The molecule has 10 heteroatoms. The van der Waals surface area contributed by atoms with Crippen LogP contribution in [0.3, 0.4) is 0 Å². The number of carbonyl (C=O) groups is 1. The number of hydrogen-bond donors (Lipinski definition) is 1. The van der Waals surface area contributed by atoms with Crippen LogP contribution in [0.5, 0.6) is 0 Å². The number of hydrogen-bond acceptors (Lipinski definition) is 4. The standard InChI is InChI=1S/C12H15F3N2O4S/c1-21-8-17(6-11(16)18)22(19,20)7-9-3-2-4-10(5-9)12(13,14)15/h2-5H,6-8H2,1H3,(H2,16,18). The van der Waals surface area contributed by atoms with Crippen molar-refractivity contribution < 1.29 is 31.1 Å². The molecular weight excluding hydrogens is 325 g/mol. The highest BCUT2D eigenvalue weighted by Crippen LogP contribution is 2.30. The Kier molecular flexibility index (Phi) is 5.92. The lowest BCUT2D eigenvalue weighted by molar-refractivity contribution is -0.137. The number of ether oxygens (including phenoxy) is 1. The monoisotopic (exact) mass is 340 g/mol. The number of primary amides is 1. The van der Waals surface area contributed by atoms with Crippen LogP contribution in [0.1, 0.15) is 11.1 Å². The molecule has 0 spiro atoms. The van der Waals surface area contributed by atoms with Crippen LogP contribution in [0.25, 0.3) is 0 Å². The van der Waals surface area contributed by atoms with Crippen LogP contribution >= 0.6 is 0 Å². The molecule has 0 aliphatic carbocycles. The largest absolute Gasteiger partial charge is 0.416 e. The molecule has 0 aromatic heterocycles. The second kappa shape index (κ2) is 7.07. The average molecular weight is 340 g/mol. The molecule has 0 radical (unpaired) electrons.